The number of unbranched alkanes of at least 4 members (excludes halogenated alkanes) is 3. The molecule has 0 amide bonds. The molecule has 0 spiro atoms. The Balaban J connectivity index is 1.73. The number of aliphatic imine (C=N–C) groups is 1. The summed E-state index contributed by atoms with van der Waals surface area (Å²) in [4.78, 5) is 16.5. The van der Waals surface area contributed by atoms with Crippen molar-refractivity contribution in [3.63, 3.8) is 0 Å². The van der Waals surface area contributed by atoms with Gasteiger partial charge < -0.3 is 14.2 Å². The monoisotopic (exact) mass is 379 g/mol. The van der Waals surface area contributed by atoms with Crippen LogP contribution in [0.2, 0.25) is 0 Å². The summed E-state index contributed by atoms with van der Waals surface area (Å²) in [5.74, 6) is 1.18. The van der Waals surface area contributed by atoms with E-state index in [1.165, 1.54) is 12.8 Å². The van der Waals surface area contributed by atoms with Crippen molar-refractivity contribution in [3.05, 3.63) is 65.4 Å². The van der Waals surface area contributed by atoms with E-state index in [1.807, 2.05) is 48.5 Å². The third-order valence-corrected chi connectivity index (χ3v) is 4.39. The van der Waals surface area contributed by atoms with E-state index in [0.29, 0.717) is 24.0 Å². The maximum Gasteiger partial charge on any atom is 0.363 e. The Morgan fingerprint density at radius 3 is 2.61 bits per heavy atom. The molecule has 0 fully saturated rings. The Morgan fingerprint density at radius 1 is 1.04 bits per heavy atom. The van der Waals surface area contributed by atoms with Crippen molar-refractivity contribution < 1.29 is 19.0 Å². The first kappa shape index (κ1) is 19.7. The first-order valence-electron chi connectivity index (χ1n) is 9.60. The number of benzene rings is 2. The number of hydrogen-bond donors (Lipinski definition) is 0. The molecule has 1 aliphatic heterocycles. The van der Waals surface area contributed by atoms with Crippen LogP contribution in [-0.2, 0) is 9.53 Å². The first-order valence-corrected chi connectivity index (χ1v) is 9.60. The van der Waals surface area contributed by atoms with E-state index in [2.05, 4.69) is 11.9 Å². The van der Waals surface area contributed by atoms with Crippen molar-refractivity contribution in [1.29, 1.82) is 0 Å². The highest BCUT2D eigenvalue weighted by molar-refractivity contribution is 6.12. The molecule has 0 N–H and O–H groups in total. The molecule has 0 saturated heterocycles. The van der Waals surface area contributed by atoms with Crippen molar-refractivity contribution >= 4 is 17.9 Å². The van der Waals surface area contributed by atoms with Crippen molar-refractivity contribution in [1.82, 2.24) is 0 Å². The molecule has 3 rings (SSSR count). The molecule has 2 aromatic carbocycles. The van der Waals surface area contributed by atoms with Gasteiger partial charge in [0.15, 0.2) is 17.2 Å². The fraction of sp³-hybridized carbons (Fsp3) is 0.304. The molecule has 1 aliphatic rings. The molecule has 0 aromatic heterocycles. The zero-order valence-corrected chi connectivity index (χ0v) is 16.3. The lowest BCUT2D eigenvalue weighted by atomic mass is 10.1. The maximum atomic E-state index is 12.2. The van der Waals surface area contributed by atoms with E-state index in [4.69, 9.17) is 14.2 Å². The van der Waals surface area contributed by atoms with Gasteiger partial charge in [0.1, 0.15) is 0 Å². The molecule has 146 valence electrons. The van der Waals surface area contributed by atoms with Crippen LogP contribution in [-0.4, -0.2) is 25.6 Å². The third-order valence-electron chi connectivity index (χ3n) is 4.39. The number of rotatable bonds is 9. The van der Waals surface area contributed by atoms with E-state index in [9.17, 15) is 4.79 Å². The second-order valence-electron chi connectivity index (χ2n) is 6.52. The van der Waals surface area contributed by atoms with Gasteiger partial charge in [-0.2, -0.15) is 0 Å². The third kappa shape index (κ3) is 5.00. The minimum absolute atomic E-state index is 0.258. The zero-order valence-electron chi connectivity index (χ0n) is 16.3. The first-order chi connectivity index (χ1) is 13.7. The average molecular weight is 379 g/mol. The Hall–Kier alpha value is -3.08. The highest BCUT2D eigenvalue weighted by atomic mass is 16.6. The maximum absolute atomic E-state index is 12.2. The van der Waals surface area contributed by atoms with Crippen molar-refractivity contribution in [2.45, 2.75) is 32.6 Å². The van der Waals surface area contributed by atoms with Crippen LogP contribution in [0.4, 0.5) is 0 Å². The summed E-state index contributed by atoms with van der Waals surface area (Å²) in [7, 11) is 1.60. The molecule has 0 radical (unpaired) electrons. The molecule has 0 atom stereocenters. The summed E-state index contributed by atoms with van der Waals surface area (Å²) in [6.07, 6.45) is 6.28. The lowest BCUT2D eigenvalue weighted by Gasteiger charge is -2.11. The van der Waals surface area contributed by atoms with Crippen molar-refractivity contribution in [3.8, 4) is 11.5 Å². The standard InChI is InChI=1S/C23H25NO4/c1-3-4-5-9-14-27-20-13-12-17(16-21(20)26-2)15-19-23(25)28-22(24-19)18-10-7-6-8-11-18/h6-8,10-13,15-16H,3-5,9,14H2,1-2H3/b19-15-. The molecular weight excluding hydrogens is 354 g/mol. The van der Waals surface area contributed by atoms with Crippen molar-refractivity contribution in [2.75, 3.05) is 13.7 Å². The normalized spacial score (nSPS) is 14.7. The van der Waals surface area contributed by atoms with Crippen LogP contribution >= 0.6 is 0 Å². The Labute approximate surface area is 165 Å². The molecule has 0 unspecified atom stereocenters. The topological polar surface area (TPSA) is 57.1 Å². The van der Waals surface area contributed by atoms with Crippen LogP contribution in [0.25, 0.3) is 6.08 Å². The molecule has 0 bridgehead atoms. The van der Waals surface area contributed by atoms with Gasteiger partial charge in [-0.15, -0.1) is 0 Å². The lowest BCUT2D eigenvalue weighted by Crippen LogP contribution is -2.04. The Kier molecular flexibility index (Phi) is 6.84. The number of carbonyl (C=O) groups excluding carboxylic acids is 1. The predicted molar refractivity (Wildman–Crippen MR) is 110 cm³/mol. The van der Waals surface area contributed by atoms with Gasteiger partial charge in [0.25, 0.3) is 0 Å². The summed E-state index contributed by atoms with van der Waals surface area (Å²) < 4.78 is 16.6. The number of nitrogens with zero attached hydrogens (tertiary/aromatic N) is 1. The van der Waals surface area contributed by atoms with E-state index in [0.717, 1.165) is 24.0 Å². The highest BCUT2D eigenvalue weighted by Crippen LogP contribution is 2.30. The quantitative estimate of drug-likeness (QED) is 0.350. The largest absolute Gasteiger partial charge is 0.493 e. The summed E-state index contributed by atoms with van der Waals surface area (Å²) >= 11 is 0. The smallest absolute Gasteiger partial charge is 0.363 e. The Bertz CT molecular complexity index is 871. The fourth-order valence-corrected chi connectivity index (χ4v) is 2.88. The van der Waals surface area contributed by atoms with Crippen LogP contribution in [0.5, 0.6) is 11.5 Å². The summed E-state index contributed by atoms with van der Waals surface area (Å²) in [5.41, 5.74) is 1.82. The SMILES string of the molecule is CCCCCCOc1ccc(/C=C2\N=C(c3ccccc3)OC2=O)cc1OC. The predicted octanol–water partition coefficient (Wildman–Crippen LogP) is 5.00. The molecule has 5 nitrogen and oxygen atoms in total. The molecule has 28 heavy (non-hydrogen) atoms. The summed E-state index contributed by atoms with van der Waals surface area (Å²) in [6, 6.07) is 14.9. The second kappa shape index (κ2) is 9.74. The second-order valence-corrected chi connectivity index (χ2v) is 6.52. The van der Waals surface area contributed by atoms with Crippen LogP contribution in [0.15, 0.2) is 59.2 Å². The molecule has 1 heterocycles. The molecular formula is C23H25NO4. The Morgan fingerprint density at radius 2 is 1.86 bits per heavy atom. The number of cyclic esters (lactones) is 1. The molecule has 2 aromatic rings. The van der Waals surface area contributed by atoms with Crippen LogP contribution in [0.3, 0.4) is 0 Å². The number of carbonyl (C=O) groups is 1. The van der Waals surface area contributed by atoms with Crippen LogP contribution in [0, 0.1) is 0 Å². The van der Waals surface area contributed by atoms with Gasteiger partial charge in [-0.25, -0.2) is 9.79 Å². The van der Waals surface area contributed by atoms with E-state index in [1.54, 1.807) is 13.2 Å². The van der Waals surface area contributed by atoms with Crippen LogP contribution in [0.1, 0.15) is 43.7 Å². The van der Waals surface area contributed by atoms with Gasteiger partial charge >= 0.3 is 5.97 Å². The van der Waals surface area contributed by atoms with Gasteiger partial charge in [-0.3, -0.25) is 0 Å². The van der Waals surface area contributed by atoms with Gasteiger partial charge in [-0.1, -0.05) is 50.5 Å². The number of ether oxygens (including phenoxy) is 3. The summed E-state index contributed by atoms with van der Waals surface area (Å²) in [5, 5.41) is 0. The van der Waals surface area contributed by atoms with E-state index in [-0.39, 0.29) is 5.70 Å². The molecule has 0 saturated carbocycles. The number of methoxy groups -OCH3 is 1. The van der Waals surface area contributed by atoms with Gasteiger partial charge in [0.05, 0.1) is 13.7 Å². The highest BCUT2D eigenvalue weighted by Gasteiger charge is 2.24. The number of hydrogen-bond acceptors (Lipinski definition) is 5. The minimum Gasteiger partial charge on any atom is -0.493 e. The zero-order chi connectivity index (χ0) is 19.8. The summed E-state index contributed by atoms with van der Waals surface area (Å²) in [6.45, 7) is 2.85. The minimum atomic E-state index is -0.464. The van der Waals surface area contributed by atoms with Gasteiger partial charge in [0, 0.05) is 5.56 Å². The van der Waals surface area contributed by atoms with Crippen LogP contribution < -0.4 is 9.47 Å². The van der Waals surface area contributed by atoms with Gasteiger partial charge in [-0.05, 0) is 42.3 Å². The average Bonchev–Trinajstić information content (AvgIpc) is 3.09. The van der Waals surface area contributed by atoms with Gasteiger partial charge in [0.2, 0.25) is 5.90 Å². The molecule has 0 aliphatic carbocycles. The van der Waals surface area contributed by atoms with E-state index >= 15 is 0 Å². The van der Waals surface area contributed by atoms with Crippen molar-refractivity contribution in [2.24, 2.45) is 4.99 Å². The number of esters is 1. The fourth-order valence-electron chi connectivity index (χ4n) is 2.88. The van der Waals surface area contributed by atoms with E-state index < -0.39 is 5.97 Å². The lowest BCUT2D eigenvalue weighted by molar-refractivity contribution is -0.129. The molecule has 5 heteroatoms.